The first-order valence-corrected chi connectivity index (χ1v) is 10.00. The molecule has 0 spiro atoms. The van der Waals surface area contributed by atoms with Gasteiger partial charge in [-0.25, -0.2) is 13.6 Å². The Balaban J connectivity index is 1.70. The van der Waals surface area contributed by atoms with Gasteiger partial charge >= 0.3 is 6.03 Å². The van der Waals surface area contributed by atoms with Crippen LogP contribution in [0.4, 0.5) is 25.0 Å². The summed E-state index contributed by atoms with van der Waals surface area (Å²) in [6, 6.07) is 10.6. The van der Waals surface area contributed by atoms with E-state index in [1.54, 1.807) is 4.90 Å². The Bertz CT molecular complexity index is 840. The van der Waals surface area contributed by atoms with Gasteiger partial charge in [0.15, 0.2) is 0 Å². The van der Waals surface area contributed by atoms with Gasteiger partial charge in [0, 0.05) is 58.6 Å². The van der Waals surface area contributed by atoms with E-state index in [1.807, 2.05) is 43.3 Å². The number of hydrogen-bond donors (Lipinski definition) is 1. The van der Waals surface area contributed by atoms with Gasteiger partial charge in [0.2, 0.25) is 0 Å². The SMILES string of the molecule is CN(C)c1ccc(CN(CCN2CCOCC2)C(=O)Nc2ccc(F)cc2F)cc1. The van der Waals surface area contributed by atoms with Crippen molar-refractivity contribution >= 4 is 17.4 Å². The van der Waals surface area contributed by atoms with Crippen LogP contribution in [-0.4, -0.2) is 69.3 Å². The van der Waals surface area contributed by atoms with Crippen molar-refractivity contribution in [1.82, 2.24) is 9.80 Å². The Kier molecular flexibility index (Phi) is 7.59. The lowest BCUT2D eigenvalue weighted by atomic mass is 10.2. The fraction of sp³-hybridized carbons (Fsp3) is 0.409. The molecule has 2 aromatic carbocycles. The molecule has 30 heavy (non-hydrogen) atoms. The molecule has 0 radical (unpaired) electrons. The fourth-order valence-electron chi connectivity index (χ4n) is 3.24. The zero-order chi connectivity index (χ0) is 21.5. The number of carbonyl (C=O) groups excluding carboxylic acids is 1. The summed E-state index contributed by atoms with van der Waals surface area (Å²) < 4.78 is 32.5. The molecule has 2 aromatic rings. The van der Waals surface area contributed by atoms with Crippen molar-refractivity contribution in [2.75, 3.05) is 63.7 Å². The number of benzene rings is 2. The normalized spacial score (nSPS) is 14.4. The Labute approximate surface area is 176 Å². The maximum absolute atomic E-state index is 14.0. The highest BCUT2D eigenvalue weighted by Gasteiger charge is 2.19. The predicted octanol–water partition coefficient (Wildman–Crippen LogP) is 3.40. The zero-order valence-electron chi connectivity index (χ0n) is 17.4. The van der Waals surface area contributed by atoms with Crippen molar-refractivity contribution in [2.45, 2.75) is 6.54 Å². The summed E-state index contributed by atoms with van der Waals surface area (Å²) >= 11 is 0. The van der Waals surface area contributed by atoms with E-state index in [-0.39, 0.29) is 5.69 Å². The van der Waals surface area contributed by atoms with Crippen molar-refractivity contribution in [3.63, 3.8) is 0 Å². The van der Waals surface area contributed by atoms with Crippen LogP contribution >= 0.6 is 0 Å². The molecule has 1 heterocycles. The molecule has 1 N–H and O–H groups in total. The number of nitrogens with one attached hydrogen (secondary N) is 1. The van der Waals surface area contributed by atoms with Gasteiger partial charge < -0.3 is 19.9 Å². The van der Waals surface area contributed by atoms with E-state index >= 15 is 0 Å². The zero-order valence-corrected chi connectivity index (χ0v) is 17.4. The summed E-state index contributed by atoms with van der Waals surface area (Å²) in [6.45, 7) is 4.55. The number of urea groups is 1. The smallest absolute Gasteiger partial charge is 0.322 e. The van der Waals surface area contributed by atoms with Gasteiger partial charge in [0.25, 0.3) is 0 Å². The maximum atomic E-state index is 14.0. The molecule has 0 aliphatic carbocycles. The summed E-state index contributed by atoms with van der Waals surface area (Å²) in [6.07, 6.45) is 0. The quantitative estimate of drug-likeness (QED) is 0.749. The minimum atomic E-state index is -0.799. The maximum Gasteiger partial charge on any atom is 0.322 e. The third kappa shape index (κ3) is 6.14. The first kappa shape index (κ1) is 22.0. The number of ether oxygens (including phenoxy) is 1. The van der Waals surface area contributed by atoms with Crippen LogP contribution < -0.4 is 10.2 Å². The number of nitrogens with zero attached hydrogens (tertiary/aromatic N) is 3. The van der Waals surface area contributed by atoms with Crippen molar-refractivity contribution in [2.24, 2.45) is 0 Å². The van der Waals surface area contributed by atoms with Crippen LogP contribution in [-0.2, 0) is 11.3 Å². The molecule has 0 aromatic heterocycles. The summed E-state index contributed by atoms with van der Waals surface area (Å²) in [5, 5.41) is 2.57. The number of hydrogen-bond acceptors (Lipinski definition) is 4. The molecule has 162 valence electrons. The van der Waals surface area contributed by atoms with Gasteiger partial charge in [0.1, 0.15) is 11.6 Å². The van der Waals surface area contributed by atoms with Crippen LogP contribution in [0.3, 0.4) is 0 Å². The summed E-state index contributed by atoms with van der Waals surface area (Å²) in [5.41, 5.74) is 1.99. The van der Waals surface area contributed by atoms with Gasteiger partial charge in [-0.3, -0.25) is 4.90 Å². The minimum Gasteiger partial charge on any atom is -0.379 e. The molecule has 1 saturated heterocycles. The largest absolute Gasteiger partial charge is 0.379 e. The van der Waals surface area contributed by atoms with E-state index in [0.29, 0.717) is 32.8 Å². The second-order valence-electron chi connectivity index (χ2n) is 7.49. The van der Waals surface area contributed by atoms with E-state index in [9.17, 15) is 13.6 Å². The highest BCUT2D eigenvalue weighted by Crippen LogP contribution is 2.18. The third-order valence-electron chi connectivity index (χ3n) is 5.08. The summed E-state index contributed by atoms with van der Waals surface area (Å²) in [7, 11) is 3.93. The average molecular weight is 418 g/mol. The van der Waals surface area contributed by atoms with E-state index < -0.39 is 17.7 Å². The molecule has 0 saturated carbocycles. The number of morpholine rings is 1. The van der Waals surface area contributed by atoms with Gasteiger partial charge in [0.05, 0.1) is 18.9 Å². The van der Waals surface area contributed by atoms with E-state index in [0.717, 1.165) is 36.5 Å². The molecule has 0 atom stereocenters. The van der Waals surface area contributed by atoms with Gasteiger partial charge in [-0.2, -0.15) is 0 Å². The minimum absolute atomic E-state index is 0.0410. The highest BCUT2D eigenvalue weighted by atomic mass is 19.1. The molecule has 2 amide bonds. The molecule has 6 nitrogen and oxygen atoms in total. The fourth-order valence-corrected chi connectivity index (χ4v) is 3.24. The van der Waals surface area contributed by atoms with Crippen LogP contribution in [0.1, 0.15) is 5.56 Å². The van der Waals surface area contributed by atoms with Crippen molar-refractivity contribution in [3.05, 3.63) is 59.7 Å². The molecule has 1 aliphatic rings. The molecular formula is C22H28F2N4O2. The number of carbonyl (C=O) groups is 1. The lowest BCUT2D eigenvalue weighted by molar-refractivity contribution is 0.0349. The Morgan fingerprint density at radius 2 is 1.80 bits per heavy atom. The van der Waals surface area contributed by atoms with E-state index in [1.165, 1.54) is 6.07 Å². The lowest BCUT2D eigenvalue weighted by Gasteiger charge is -2.30. The Morgan fingerprint density at radius 3 is 2.43 bits per heavy atom. The second-order valence-corrected chi connectivity index (χ2v) is 7.49. The third-order valence-corrected chi connectivity index (χ3v) is 5.08. The van der Waals surface area contributed by atoms with Crippen molar-refractivity contribution in [3.8, 4) is 0 Å². The first-order chi connectivity index (χ1) is 14.4. The predicted molar refractivity (Wildman–Crippen MR) is 114 cm³/mol. The van der Waals surface area contributed by atoms with Gasteiger partial charge in [-0.1, -0.05) is 12.1 Å². The van der Waals surface area contributed by atoms with Crippen LogP contribution in [0, 0.1) is 11.6 Å². The summed E-state index contributed by atoms with van der Waals surface area (Å²) in [5.74, 6) is -1.48. The monoisotopic (exact) mass is 418 g/mol. The molecule has 0 bridgehead atoms. The highest BCUT2D eigenvalue weighted by molar-refractivity contribution is 5.89. The van der Waals surface area contributed by atoms with Crippen LogP contribution in [0.15, 0.2) is 42.5 Å². The second kappa shape index (κ2) is 10.4. The first-order valence-electron chi connectivity index (χ1n) is 10.00. The Morgan fingerprint density at radius 1 is 1.10 bits per heavy atom. The molecule has 1 fully saturated rings. The van der Waals surface area contributed by atoms with Crippen molar-refractivity contribution < 1.29 is 18.3 Å². The van der Waals surface area contributed by atoms with Crippen LogP contribution in [0.5, 0.6) is 0 Å². The molecule has 8 heteroatoms. The standard InChI is InChI=1S/C22H28F2N4O2/c1-26(2)19-6-3-17(4-7-19)16-28(10-9-27-11-13-30-14-12-27)22(29)25-21-8-5-18(23)15-20(21)24/h3-8,15H,9-14,16H2,1-2H3,(H,25,29). The van der Waals surface area contributed by atoms with Crippen LogP contribution in [0.25, 0.3) is 0 Å². The summed E-state index contributed by atoms with van der Waals surface area (Å²) in [4.78, 5) is 18.8. The number of rotatable bonds is 7. The molecule has 0 unspecified atom stereocenters. The van der Waals surface area contributed by atoms with Crippen molar-refractivity contribution in [1.29, 1.82) is 0 Å². The van der Waals surface area contributed by atoms with Gasteiger partial charge in [-0.15, -0.1) is 0 Å². The molecule has 3 rings (SSSR count). The Hall–Kier alpha value is -2.71. The molecular weight excluding hydrogens is 390 g/mol. The number of anilines is 2. The topological polar surface area (TPSA) is 48.1 Å². The van der Waals surface area contributed by atoms with E-state index in [2.05, 4.69) is 10.2 Å². The van der Waals surface area contributed by atoms with Gasteiger partial charge in [-0.05, 0) is 29.8 Å². The molecule has 1 aliphatic heterocycles. The lowest BCUT2D eigenvalue weighted by Crippen LogP contribution is -2.44. The average Bonchev–Trinajstić information content (AvgIpc) is 2.74. The van der Waals surface area contributed by atoms with E-state index in [4.69, 9.17) is 4.74 Å². The van der Waals surface area contributed by atoms with Crippen LogP contribution in [0.2, 0.25) is 0 Å². The number of amides is 2. The number of halogens is 2.